The minimum absolute atomic E-state index is 0.395. The molecule has 1 aromatic rings. The average Bonchev–Trinajstić information content (AvgIpc) is 2.23. The molecule has 0 saturated carbocycles. The molecule has 0 unspecified atom stereocenters. The van der Waals surface area contributed by atoms with E-state index in [2.05, 4.69) is 22.9 Å². The molecule has 0 bridgehead atoms. The molecule has 15 heavy (non-hydrogen) atoms. The van der Waals surface area contributed by atoms with Gasteiger partial charge in [-0.05, 0) is 25.6 Å². The number of likely N-dealkylation sites (N-methyl/N-ethyl adjacent to an activating group) is 1. The molecule has 0 spiro atoms. The molecule has 0 amide bonds. The highest BCUT2D eigenvalue weighted by Gasteiger charge is 2.14. The van der Waals surface area contributed by atoms with Gasteiger partial charge in [0, 0.05) is 37.9 Å². The fourth-order valence-corrected chi connectivity index (χ4v) is 1.86. The number of aromatic hydroxyl groups is 1. The van der Waals surface area contributed by atoms with Crippen molar-refractivity contribution in [2.75, 3.05) is 38.1 Å². The fourth-order valence-electron chi connectivity index (χ4n) is 1.86. The molecule has 0 radical (unpaired) electrons. The minimum atomic E-state index is 0.395. The van der Waals surface area contributed by atoms with Gasteiger partial charge in [-0.15, -0.1) is 0 Å². The zero-order valence-corrected chi connectivity index (χ0v) is 9.40. The van der Waals surface area contributed by atoms with Gasteiger partial charge >= 0.3 is 0 Å². The van der Waals surface area contributed by atoms with E-state index in [0.29, 0.717) is 5.75 Å². The highest BCUT2D eigenvalue weighted by atomic mass is 16.3. The average molecular weight is 206 g/mol. The van der Waals surface area contributed by atoms with E-state index in [0.717, 1.165) is 37.4 Å². The number of rotatable bonds is 1. The van der Waals surface area contributed by atoms with Crippen molar-refractivity contribution < 1.29 is 5.11 Å². The van der Waals surface area contributed by atoms with Crippen LogP contribution in [-0.4, -0.2) is 43.2 Å². The van der Waals surface area contributed by atoms with E-state index in [-0.39, 0.29) is 0 Å². The Hall–Kier alpha value is -1.22. The summed E-state index contributed by atoms with van der Waals surface area (Å²) in [6, 6.07) is 5.92. The number of anilines is 1. The number of phenols is 1. The van der Waals surface area contributed by atoms with Crippen LogP contribution in [0, 0.1) is 6.92 Å². The van der Waals surface area contributed by atoms with Gasteiger partial charge in [0.15, 0.2) is 0 Å². The van der Waals surface area contributed by atoms with Crippen LogP contribution < -0.4 is 4.90 Å². The van der Waals surface area contributed by atoms with E-state index in [1.54, 1.807) is 0 Å². The van der Waals surface area contributed by atoms with Crippen molar-refractivity contribution in [2.45, 2.75) is 6.92 Å². The predicted octanol–water partition coefficient (Wildman–Crippen LogP) is 1.45. The Labute approximate surface area is 90.9 Å². The zero-order chi connectivity index (χ0) is 10.8. The topological polar surface area (TPSA) is 26.7 Å². The SMILES string of the molecule is Cc1ccc(N2CCN(C)CC2)cc1O. The van der Waals surface area contributed by atoms with Crippen molar-refractivity contribution in [3.8, 4) is 5.75 Å². The summed E-state index contributed by atoms with van der Waals surface area (Å²) in [6.45, 7) is 6.18. The van der Waals surface area contributed by atoms with E-state index in [4.69, 9.17) is 0 Å². The number of nitrogens with zero attached hydrogens (tertiary/aromatic N) is 2. The number of hydrogen-bond donors (Lipinski definition) is 1. The molecule has 1 aliphatic rings. The normalized spacial score (nSPS) is 18.1. The van der Waals surface area contributed by atoms with Crippen molar-refractivity contribution in [1.29, 1.82) is 0 Å². The van der Waals surface area contributed by atoms with Gasteiger partial charge in [0.2, 0.25) is 0 Å². The van der Waals surface area contributed by atoms with E-state index >= 15 is 0 Å². The first-order chi connectivity index (χ1) is 7.16. The van der Waals surface area contributed by atoms with Crippen LogP contribution in [0.15, 0.2) is 18.2 Å². The molecule has 1 aromatic carbocycles. The summed E-state index contributed by atoms with van der Waals surface area (Å²) >= 11 is 0. The first-order valence-electron chi connectivity index (χ1n) is 5.40. The van der Waals surface area contributed by atoms with E-state index in [1.165, 1.54) is 0 Å². The molecular weight excluding hydrogens is 188 g/mol. The Morgan fingerprint density at radius 2 is 1.80 bits per heavy atom. The van der Waals surface area contributed by atoms with Gasteiger partial charge in [-0.1, -0.05) is 6.07 Å². The number of piperazine rings is 1. The molecule has 1 aliphatic heterocycles. The highest BCUT2D eigenvalue weighted by Crippen LogP contribution is 2.24. The first kappa shape index (κ1) is 10.3. The molecule has 3 heteroatoms. The van der Waals surface area contributed by atoms with Gasteiger partial charge in [-0.25, -0.2) is 0 Å². The van der Waals surface area contributed by atoms with Crippen LogP contribution in [0.2, 0.25) is 0 Å². The lowest BCUT2D eigenvalue weighted by atomic mass is 10.2. The third-order valence-corrected chi connectivity index (χ3v) is 3.06. The van der Waals surface area contributed by atoms with Gasteiger partial charge in [-0.3, -0.25) is 0 Å². The summed E-state index contributed by atoms with van der Waals surface area (Å²) in [6.07, 6.45) is 0. The van der Waals surface area contributed by atoms with E-state index < -0.39 is 0 Å². The Morgan fingerprint density at radius 3 is 2.40 bits per heavy atom. The maximum Gasteiger partial charge on any atom is 0.120 e. The number of phenolic OH excluding ortho intramolecular Hbond substituents is 1. The van der Waals surface area contributed by atoms with Gasteiger partial charge in [-0.2, -0.15) is 0 Å². The second-order valence-electron chi connectivity index (χ2n) is 4.26. The largest absolute Gasteiger partial charge is 0.508 e. The van der Waals surface area contributed by atoms with Crippen molar-refractivity contribution in [3.05, 3.63) is 23.8 Å². The van der Waals surface area contributed by atoms with Crippen LogP contribution >= 0.6 is 0 Å². The Kier molecular flexibility index (Phi) is 2.82. The minimum Gasteiger partial charge on any atom is -0.508 e. The second-order valence-corrected chi connectivity index (χ2v) is 4.26. The van der Waals surface area contributed by atoms with E-state index in [9.17, 15) is 5.11 Å². The smallest absolute Gasteiger partial charge is 0.120 e. The Balaban J connectivity index is 2.12. The number of aryl methyl sites for hydroxylation is 1. The summed E-state index contributed by atoms with van der Waals surface area (Å²) < 4.78 is 0. The molecule has 0 aromatic heterocycles. The molecule has 1 heterocycles. The second kappa shape index (κ2) is 4.11. The third-order valence-electron chi connectivity index (χ3n) is 3.06. The third kappa shape index (κ3) is 2.23. The Morgan fingerprint density at radius 1 is 1.13 bits per heavy atom. The lowest BCUT2D eigenvalue weighted by molar-refractivity contribution is 0.312. The molecule has 1 N–H and O–H groups in total. The maximum atomic E-state index is 9.65. The summed E-state index contributed by atoms with van der Waals surface area (Å²) in [7, 11) is 2.14. The van der Waals surface area contributed by atoms with Gasteiger partial charge in [0.05, 0.1) is 0 Å². The maximum absolute atomic E-state index is 9.65. The molecule has 1 fully saturated rings. The molecule has 1 saturated heterocycles. The zero-order valence-electron chi connectivity index (χ0n) is 9.40. The summed E-state index contributed by atoms with van der Waals surface area (Å²) in [5, 5.41) is 9.65. The standard InChI is InChI=1S/C12H18N2O/c1-10-3-4-11(9-12(10)15)14-7-5-13(2)6-8-14/h3-4,9,15H,5-8H2,1-2H3. The predicted molar refractivity (Wildman–Crippen MR) is 62.6 cm³/mol. The molecule has 82 valence electrons. The molecular formula is C12H18N2O. The van der Waals surface area contributed by atoms with Crippen LogP contribution in [0.3, 0.4) is 0 Å². The van der Waals surface area contributed by atoms with E-state index in [1.807, 2.05) is 19.1 Å². The van der Waals surface area contributed by atoms with Gasteiger partial charge < -0.3 is 14.9 Å². The lowest BCUT2D eigenvalue weighted by Crippen LogP contribution is -2.44. The molecule has 3 nitrogen and oxygen atoms in total. The molecule has 0 aliphatic carbocycles. The van der Waals surface area contributed by atoms with Crippen LogP contribution in [0.1, 0.15) is 5.56 Å². The fraction of sp³-hybridized carbons (Fsp3) is 0.500. The van der Waals surface area contributed by atoms with Crippen LogP contribution in [0.4, 0.5) is 5.69 Å². The van der Waals surface area contributed by atoms with Crippen molar-refractivity contribution in [3.63, 3.8) is 0 Å². The monoisotopic (exact) mass is 206 g/mol. The van der Waals surface area contributed by atoms with Crippen LogP contribution in [-0.2, 0) is 0 Å². The van der Waals surface area contributed by atoms with Crippen molar-refractivity contribution in [1.82, 2.24) is 4.90 Å². The Bertz CT molecular complexity index is 343. The highest BCUT2D eigenvalue weighted by molar-refractivity contribution is 5.53. The van der Waals surface area contributed by atoms with Crippen LogP contribution in [0.5, 0.6) is 5.75 Å². The molecule has 2 rings (SSSR count). The number of hydrogen-bond acceptors (Lipinski definition) is 3. The van der Waals surface area contributed by atoms with Crippen LogP contribution in [0.25, 0.3) is 0 Å². The quantitative estimate of drug-likeness (QED) is 0.753. The lowest BCUT2D eigenvalue weighted by Gasteiger charge is -2.34. The van der Waals surface area contributed by atoms with Crippen molar-refractivity contribution >= 4 is 5.69 Å². The summed E-state index contributed by atoms with van der Waals surface area (Å²) in [5.41, 5.74) is 2.07. The van der Waals surface area contributed by atoms with Gasteiger partial charge in [0.25, 0.3) is 0 Å². The first-order valence-corrected chi connectivity index (χ1v) is 5.40. The summed E-state index contributed by atoms with van der Waals surface area (Å²) in [4.78, 5) is 4.64. The number of benzene rings is 1. The summed E-state index contributed by atoms with van der Waals surface area (Å²) in [5.74, 6) is 0.395. The van der Waals surface area contributed by atoms with Gasteiger partial charge in [0.1, 0.15) is 5.75 Å². The molecule has 0 atom stereocenters. The van der Waals surface area contributed by atoms with Crippen molar-refractivity contribution in [2.24, 2.45) is 0 Å².